The second-order valence-electron chi connectivity index (χ2n) is 2.64. The molecule has 0 amide bonds. The number of hydrogen-bond acceptors (Lipinski definition) is 1. The molecule has 1 aromatic carbocycles. The average Bonchev–Trinajstić information content (AvgIpc) is 2.10. The van der Waals surface area contributed by atoms with Crippen molar-refractivity contribution in [3.05, 3.63) is 34.3 Å². The summed E-state index contributed by atoms with van der Waals surface area (Å²) in [4.78, 5) is 0. The van der Waals surface area contributed by atoms with Gasteiger partial charge in [0.25, 0.3) is 0 Å². The Hall–Kier alpha value is -0.810. The van der Waals surface area contributed by atoms with E-state index < -0.39 is 0 Å². The van der Waals surface area contributed by atoms with Crippen molar-refractivity contribution >= 4 is 15.9 Å². The van der Waals surface area contributed by atoms with E-state index in [0.717, 1.165) is 16.5 Å². The van der Waals surface area contributed by atoms with Crippen LogP contribution in [-0.2, 0) is 0 Å². The summed E-state index contributed by atoms with van der Waals surface area (Å²) in [5.74, 6) is 0.0399. The maximum atomic E-state index is 8.79. The molecule has 1 atom stereocenters. The van der Waals surface area contributed by atoms with Crippen LogP contribution < -0.4 is 0 Å². The molecule has 0 N–H and O–H groups in total. The summed E-state index contributed by atoms with van der Waals surface area (Å²) in [7, 11) is 0. The van der Waals surface area contributed by atoms with Crippen LogP contribution in [0.25, 0.3) is 0 Å². The minimum atomic E-state index is 0.0399. The molecule has 0 spiro atoms. The van der Waals surface area contributed by atoms with Gasteiger partial charge in [0.1, 0.15) is 0 Å². The summed E-state index contributed by atoms with van der Waals surface area (Å²) >= 11 is 3.36. The minimum absolute atomic E-state index is 0.0399. The molecule has 0 aromatic heterocycles. The zero-order valence-electron chi connectivity index (χ0n) is 6.92. The molecule has 0 saturated heterocycles. The zero-order valence-corrected chi connectivity index (χ0v) is 8.51. The van der Waals surface area contributed by atoms with Gasteiger partial charge in [-0.2, -0.15) is 5.26 Å². The maximum absolute atomic E-state index is 8.79. The van der Waals surface area contributed by atoms with Crippen molar-refractivity contribution in [2.45, 2.75) is 19.3 Å². The summed E-state index contributed by atoms with van der Waals surface area (Å²) in [6.45, 7) is 2.02. The maximum Gasteiger partial charge on any atom is 0.0710 e. The van der Waals surface area contributed by atoms with Crippen molar-refractivity contribution in [2.24, 2.45) is 0 Å². The largest absolute Gasteiger partial charge is 0.198 e. The zero-order chi connectivity index (χ0) is 8.97. The van der Waals surface area contributed by atoms with Gasteiger partial charge in [0, 0.05) is 4.47 Å². The fourth-order valence-electron chi connectivity index (χ4n) is 1.10. The van der Waals surface area contributed by atoms with E-state index in [1.54, 1.807) is 0 Å². The highest BCUT2D eigenvalue weighted by Gasteiger charge is 2.06. The van der Waals surface area contributed by atoms with Crippen LogP contribution in [0.1, 0.15) is 24.8 Å². The van der Waals surface area contributed by atoms with Gasteiger partial charge in [-0.3, -0.25) is 0 Å². The van der Waals surface area contributed by atoms with E-state index in [0.29, 0.717) is 0 Å². The smallest absolute Gasteiger partial charge is 0.0710 e. The molecule has 2 heteroatoms. The van der Waals surface area contributed by atoms with Crippen LogP contribution in [0.4, 0.5) is 0 Å². The van der Waals surface area contributed by atoms with Gasteiger partial charge in [0.15, 0.2) is 0 Å². The Kier molecular flexibility index (Phi) is 3.31. The van der Waals surface area contributed by atoms with Crippen LogP contribution in [-0.4, -0.2) is 0 Å². The molecule has 1 nitrogen and oxygen atoms in total. The predicted molar refractivity (Wildman–Crippen MR) is 52.8 cm³/mol. The Labute approximate surface area is 81.2 Å². The first-order valence-electron chi connectivity index (χ1n) is 3.93. The van der Waals surface area contributed by atoms with Crippen LogP contribution in [0.5, 0.6) is 0 Å². The Balaban J connectivity index is 2.89. The fraction of sp³-hybridized carbons (Fsp3) is 0.300. The van der Waals surface area contributed by atoms with Crippen molar-refractivity contribution in [3.8, 4) is 6.07 Å². The third-order valence-electron chi connectivity index (χ3n) is 1.84. The van der Waals surface area contributed by atoms with Crippen LogP contribution in [0, 0.1) is 11.3 Å². The van der Waals surface area contributed by atoms with Crippen LogP contribution in [0.15, 0.2) is 28.7 Å². The molecule has 0 fully saturated rings. The summed E-state index contributed by atoms with van der Waals surface area (Å²) in [6, 6.07) is 10.2. The van der Waals surface area contributed by atoms with Crippen molar-refractivity contribution in [2.75, 3.05) is 0 Å². The Morgan fingerprint density at radius 3 is 2.42 bits per heavy atom. The van der Waals surface area contributed by atoms with E-state index >= 15 is 0 Å². The molecule has 0 aliphatic heterocycles. The Morgan fingerprint density at radius 2 is 2.00 bits per heavy atom. The predicted octanol–water partition coefficient (Wildman–Crippen LogP) is 3.47. The lowest BCUT2D eigenvalue weighted by Gasteiger charge is -2.04. The molecule has 0 aliphatic carbocycles. The molecule has 0 saturated carbocycles. The first-order valence-corrected chi connectivity index (χ1v) is 4.72. The van der Waals surface area contributed by atoms with Gasteiger partial charge in [-0.15, -0.1) is 0 Å². The Bertz CT molecular complexity index is 284. The van der Waals surface area contributed by atoms with Gasteiger partial charge in [0.2, 0.25) is 0 Å². The lowest BCUT2D eigenvalue weighted by atomic mass is 9.98. The summed E-state index contributed by atoms with van der Waals surface area (Å²) in [5.41, 5.74) is 1.10. The second kappa shape index (κ2) is 4.27. The normalized spacial score (nSPS) is 12.1. The lowest BCUT2D eigenvalue weighted by molar-refractivity contribution is 0.818. The summed E-state index contributed by atoms with van der Waals surface area (Å²) in [5, 5.41) is 8.79. The molecule has 1 rings (SSSR count). The van der Waals surface area contributed by atoms with Crippen LogP contribution in [0.2, 0.25) is 0 Å². The molecule has 62 valence electrons. The number of hydrogen-bond donors (Lipinski definition) is 0. The van der Waals surface area contributed by atoms with Gasteiger partial charge in [-0.05, 0) is 24.1 Å². The highest BCUT2D eigenvalue weighted by Crippen LogP contribution is 2.20. The first-order chi connectivity index (χ1) is 5.77. The molecule has 0 aliphatic rings. The molecular formula is C10H10BrN. The van der Waals surface area contributed by atoms with E-state index in [4.69, 9.17) is 5.26 Å². The molecule has 12 heavy (non-hydrogen) atoms. The molecular weight excluding hydrogens is 214 g/mol. The molecule has 0 bridgehead atoms. The number of halogens is 1. The standard InChI is InChI=1S/C10H10BrN/c1-2-8(7-12)9-3-5-10(11)6-4-9/h3-6,8H,2H2,1H3. The first kappa shape index (κ1) is 9.28. The minimum Gasteiger partial charge on any atom is -0.198 e. The van der Waals surface area contributed by atoms with E-state index in [1.807, 2.05) is 31.2 Å². The monoisotopic (exact) mass is 223 g/mol. The van der Waals surface area contributed by atoms with Gasteiger partial charge in [-0.1, -0.05) is 35.0 Å². The molecule has 0 heterocycles. The van der Waals surface area contributed by atoms with Crippen LogP contribution >= 0.6 is 15.9 Å². The molecule has 1 unspecified atom stereocenters. The van der Waals surface area contributed by atoms with Crippen molar-refractivity contribution in [3.63, 3.8) is 0 Å². The highest BCUT2D eigenvalue weighted by atomic mass is 79.9. The summed E-state index contributed by atoms with van der Waals surface area (Å²) < 4.78 is 1.05. The summed E-state index contributed by atoms with van der Waals surface area (Å²) in [6.07, 6.45) is 0.873. The van der Waals surface area contributed by atoms with E-state index in [-0.39, 0.29) is 5.92 Å². The van der Waals surface area contributed by atoms with Gasteiger partial charge < -0.3 is 0 Å². The second-order valence-corrected chi connectivity index (χ2v) is 3.56. The Morgan fingerprint density at radius 1 is 1.42 bits per heavy atom. The quantitative estimate of drug-likeness (QED) is 0.754. The number of nitriles is 1. The van der Waals surface area contributed by atoms with E-state index in [1.165, 1.54) is 0 Å². The highest BCUT2D eigenvalue weighted by molar-refractivity contribution is 9.10. The van der Waals surface area contributed by atoms with Crippen molar-refractivity contribution in [1.82, 2.24) is 0 Å². The SMILES string of the molecule is CCC(C#N)c1ccc(Br)cc1. The number of rotatable bonds is 2. The third kappa shape index (κ3) is 2.09. The number of nitrogens with zero attached hydrogens (tertiary/aromatic N) is 1. The topological polar surface area (TPSA) is 23.8 Å². The van der Waals surface area contributed by atoms with Gasteiger partial charge in [0.05, 0.1) is 12.0 Å². The molecule has 1 aromatic rings. The van der Waals surface area contributed by atoms with Crippen molar-refractivity contribution in [1.29, 1.82) is 5.26 Å². The van der Waals surface area contributed by atoms with Gasteiger partial charge >= 0.3 is 0 Å². The van der Waals surface area contributed by atoms with Crippen molar-refractivity contribution < 1.29 is 0 Å². The number of benzene rings is 1. The fourth-order valence-corrected chi connectivity index (χ4v) is 1.36. The third-order valence-corrected chi connectivity index (χ3v) is 2.37. The lowest BCUT2D eigenvalue weighted by Crippen LogP contribution is -1.92. The average molecular weight is 224 g/mol. The molecule has 0 radical (unpaired) electrons. The van der Waals surface area contributed by atoms with Gasteiger partial charge in [-0.25, -0.2) is 0 Å². The van der Waals surface area contributed by atoms with E-state index in [9.17, 15) is 0 Å². The van der Waals surface area contributed by atoms with Crippen LogP contribution in [0.3, 0.4) is 0 Å². The van der Waals surface area contributed by atoms with E-state index in [2.05, 4.69) is 22.0 Å².